The summed E-state index contributed by atoms with van der Waals surface area (Å²) in [5.74, 6) is 0.560. The van der Waals surface area contributed by atoms with Gasteiger partial charge in [0.1, 0.15) is 11.4 Å². The van der Waals surface area contributed by atoms with E-state index in [1.807, 2.05) is 27.7 Å². The summed E-state index contributed by atoms with van der Waals surface area (Å²) in [5, 5.41) is 0. The Kier molecular flexibility index (Phi) is 5.54. The smallest absolute Gasteiger partial charge is 0.183 e. The molecule has 0 spiro atoms. The molecule has 0 saturated carbocycles. The van der Waals surface area contributed by atoms with Crippen molar-refractivity contribution in [1.29, 1.82) is 0 Å². The quantitative estimate of drug-likeness (QED) is 0.745. The summed E-state index contributed by atoms with van der Waals surface area (Å²) in [7, 11) is 0. The zero-order valence-corrected chi connectivity index (χ0v) is 13.3. The molecule has 110 valence electrons. The molecule has 20 heavy (non-hydrogen) atoms. The zero-order valence-electron chi connectivity index (χ0n) is 13.3. The van der Waals surface area contributed by atoms with Crippen LogP contribution in [-0.4, -0.2) is 21.5 Å². The molecule has 1 aromatic heterocycles. The molecule has 0 aliphatic rings. The minimum absolute atomic E-state index is 0.00374. The van der Waals surface area contributed by atoms with Gasteiger partial charge >= 0.3 is 0 Å². The Morgan fingerprint density at radius 3 is 1.35 bits per heavy atom. The predicted octanol–water partition coefficient (Wildman–Crippen LogP) is 3.55. The Hall–Kier alpha value is -1.58. The van der Waals surface area contributed by atoms with Crippen LogP contribution in [0, 0.1) is 25.7 Å². The number of aromatic nitrogens is 2. The summed E-state index contributed by atoms with van der Waals surface area (Å²) >= 11 is 0. The lowest BCUT2D eigenvalue weighted by Gasteiger charge is -2.11. The van der Waals surface area contributed by atoms with Crippen molar-refractivity contribution in [2.45, 2.75) is 54.4 Å². The zero-order chi connectivity index (χ0) is 15.4. The molecule has 0 atom stereocenters. The first-order valence-electron chi connectivity index (χ1n) is 7.14. The van der Waals surface area contributed by atoms with E-state index in [-0.39, 0.29) is 23.4 Å². The monoisotopic (exact) mass is 276 g/mol. The fourth-order valence-corrected chi connectivity index (χ4v) is 2.07. The molecule has 1 rings (SSSR count). The maximum atomic E-state index is 12.1. The van der Waals surface area contributed by atoms with Gasteiger partial charge in [0.25, 0.3) is 0 Å². The van der Waals surface area contributed by atoms with Gasteiger partial charge in [-0.1, -0.05) is 27.7 Å². The third-order valence-electron chi connectivity index (χ3n) is 2.96. The van der Waals surface area contributed by atoms with E-state index in [2.05, 4.69) is 9.97 Å². The van der Waals surface area contributed by atoms with Gasteiger partial charge in [-0.15, -0.1) is 0 Å². The summed E-state index contributed by atoms with van der Waals surface area (Å²) in [5.41, 5.74) is 1.90. The Labute approximate surface area is 121 Å². The summed E-state index contributed by atoms with van der Waals surface area (Å²) in [6.07, 6.45) is 0.905. The van der Waals surface area contributed by atoms with Crippen molar-refractivity contribution in [3.8, 4) is 0 Å². The van der Waals surface area contributed by atoms with E-state index in [9.17, 15) is 9.59 Å². The van der Waals surface area contributed by atoms with Crippen molar-refractivity contribution in [3.63, 3.8) is 0 Å². The largest absolute Gasteiger partial charge is 0.292 e. The SMILES string of the molecule is Cc1nc(C(=O)CC(C)C)c(C)nc1C(=O)CC(C)C. The van der Waals surface area contributed by atoms with Crippen molar-refractivity contribution in [2.24, 2.45) is 11.8 Å². The third kappa shape index (κ3) is 4.22. The van der Waals surface area contributed by atoms with E-state index in [1.54, 1.807) is 13.8 Å². The van der Waals surface area contributed by atoms with Crippen molar-refractivity contribution in [3.05, 3.63) is 22.8 Å². The van der Waals surface area contributed by atoms with Crippen LogP contribution >= 0.6 is 0 Å². The van der Waals surface area contributed by atoms with Gasteiger partial charge in [-0.3, -0.25) is 9.59 Å². The van der Waals surface area contributed by atoms with Crippen LogP contribution in [-0.2, 0) is 0 Å². The standard InChI is InChI=1S/C16H24N2O2/c1-9(2)7-13(19)15-11(5)18-16(12(6)17-15)14(20)8-10(3)4/h9-10H,7-8H2,1-6H3. The van der Waals surface area contributed by atoms with Crippen LogP contribution in [0.1, 0.15) is 72.9 Å². The number of carbonyl (C=O) groups is 2. The lowest BCUT2D eigenvalue weighted by Crippen LogP contribution is -2.16. The third-order valence-corrected chi connectivity index (χ3v) is 2.96. The highest BCUT2D eigenvalue weighted by Gasteiger charge is 2.19. The van der Waals surface area contributed by atoms with Crippen LogP contribution in [0.25, 0.3) is 0 Å². The Morgan fingerprint density at radius 2 is 1.10 bits per heavy atom. The number of carbonyl (C=O) groups excluding carboxylic acids is 2. The van der Waals surface area contributed by atoms with Crippen LogP contribution in [0.15, 0.2) is 0 Å². The molecule has 0 amide bonds. The van der Waals surface area contributed by atoms with Gasteiger partial charge in [0.15, 0.2) is 11.6 Å². The number of hydrogen-bond donors (Lipinski definition) is 0. The van der Waals surface area contributed by atoms with Crippen molar-refractivity contribution in [2.75, 3.05) is 0 Å². The van der Waals surface area contributed by atoms with Gasteiger partial charge in [-0.2, -0.15) is 0 Å². The number of ketones is 2. The van der Waals surface area contributed by atoms with Gasteiger partial charge in [0.05, 0.1) is 11.4 Å². The Balaban J connectivity index is 3.09. The lowest BCUT2D eigenvalue weighted by atomic mass is 10.0. The van der Waals surface area contributed by atoms with E-state index in [0.717, 1.165) is 0 Å². The molecule has 1 aromatic rings. The minimum Gasteiger partial charge on any atom is -0.292 e. The van der Waals surface area contributed by atoms with Crippen LogP contribution in [0.2, 0.25) is 0 Å². The number of rotatable bonds is 6. The van der Waals surface area contributed by atoms with Crippen LogP contribution in [0.5, 0.6) is 0 Å². The van der Waals surface area contributed by atoms with Gasteiger partial charge in [0, 0.05) is 12.8 Å². The van der Waals surface area contributed by atoms with E-state index < -0.39 is 0 Å². The maximum Gasteiger partial charge on any atom is 0.183 e. The molecule has 0 bridgehead atoms. The second-order valence-corrected chi connectivity index (χ2v) is 6.13. The minimum atomic E-state index is -0.00374. The topological polar surface area (TPSA) is 59.9 Å². The maximum absolute atomic E-state index is 12.1. The lowest BCUT2D eigenvalue weighted by molar-refractivity contribution is 0.0946. The summed E-state index contributed by atoms with van der Waals surface area (Å²) in [6, 6.07) is 0. The first-order valence-corrected chi connectivity index (χ1v) is 7.14. The Bertz CT molecular complexity index is 472. The van der Waals surface area contributed by atoms with E-state index >= 15 is 0 Å². The molecule has 0 aromatic carbocycles. The molecule has 0 N–H and O–H groups in total. The number of nitrogens with zero attached hydrogens (tertiary/aromatic N) is 2. The predicted molar refractivity (Wildman–Crippen MR) is 79.1 cm³/mol. The van der Waals surface area contributed by atoms with Crippen LogP contribution < -0.4 is 0 Å². The molecule has 0 aliphatic heterocycles. The van der Waals surface area contributed by atoms with Gasteiger partial charge < -0.3 is 0 Å². The highest BCUT2D eigenvalue weighted by Crippen LogP contribution is 2.15. The van der Waals surface area contributed by atoms with E-state index in [4.69, 9.17) is 0 Å². The molecule has 0 radical (unpaired) electrons. The van der Waals surface area contributed by atoms with Crippen LogP contribution in [0.4, 0.5) is 0 Å². The van der Waals surface area contributed by atoms with E-state index in [0.29, 0.717) is 35.6 Å². The molecular formula is C16H24N2O2. The Morgan fingerprint density at radius 1 is 0.800 bits per heavy atom. The highest BCUT2D eigenvalue weighted by molar-refractivity contribution is 5.98. The summed E-state index contributed by atoms with van der Waals surface area (Å²) in [6.45, 7) is 11.5. The van der Waals surface area contributed by atoms with Gasteiger partial charge in [-0.05, 0) is 25.7 Å². The average Bonchev–Trinajstić information content (AvgIpc) is 2.29. The molecule has 0 fully saturated rings. The van der Waals surface area contributed by atoms with Gasteiger partial charge in [0.2, 0.25) is 0 Å². The molecular weight excluding hydrogens is 252 g/mol. The summed E-state index contributed by atoms with van der Waals surface area (Å²) < 4.78 is 0. The summed E-state index contributed by atoms with van der Waals surface area (Å²) in [4.78, 5) is 32.8. The molecule has 4 nitrogen and oxygen atoms in total. The number of hydrogen-bond acceptors (Lipinski definition) is 4. The molecule has 4 heteroatoms. The van der Waals surface area contributed by atoms with Crippen molar-refractivity contribution >= 4 is 11.6 Å². The first kappa shape index (κ1) is 16.5. The van der Waals surface area contributed by atoms with Gasteiger partial charge in [-0.25, -0.2) is 9.97 Å². The van der Waals surface area contributed by atoms with E-state index in [1.165, 1.54) is 0 Å². The van der Waals surface area contributed by atoms with Crippen molar-refractivity contribution in [1.82, 2.24) is 9.97 Å². The molecule has 1 heterocycles. The highest BCUT2D eigenvalue weighted by atomic mass is 16.1. The normalized spacial score (nSPS) is 11.2. The molecule has 0 aliphatic carbocycles. The second kappa shape index (κ2) is 6.73. The molecule has 0 unspecified atom stereocenters. The van der Waals surface area contributed by atoms with Crippen LogP contribution in [0.3, 0.4) is 0 Å². The number of Topliss-reactive ketones (excluding diaryl/α,β-unsaturated/α-hetero) is 2. The van der Waals surface area contributed by atoms with Crippen molar-refractivity contribution < 1.29 is 9.59 Å². The fourth-order valence-electron chi connectivity index (χ4n) is 2.07. The fraction of sp³-hybridized carbons (Fsp3) is 0.625. The molecule has 0 saturated heterocycles. The average molecular weight is 276 g/mol. The first-order chi connectivity index (χ1) is 9.22. The second-order valence-electron chi connectivity index (χ2n) is 6.13. The number of aryl methyl sites for hydroxylation is 2.